The fourth-order valence-corrected chi connectivity index (χ4v) is 2.79. The van der Waals surface area contributed by atoms with Crippen LogP contribution in [-0.4, -0.2) is 26.8 Å². The van der Waals surface area contributed by atoms with E-state index in [1.165, 1.54) is 14.1 Å². The van der Waals surface area contributed by atoms with Crippen molar-refractivity contribution in [2.24, 2.45) is 0 Å². The molecule has 0 bridgehead atoms. The van der Waals surface area contributed by atoms with E-state index in [0.717, 1.165) is 15.4 Å². The van der Waals surface area contributed by atoms with Crippen molar-refractivity contribution in [1.82, 2.24) is 9.03 Å². The minimum Gasteiger partial charge on any atom is -0.195 e. The highest BCUT2D eigenvalue weighted by Crippen LogP contribution is 2.24. The highest BCUT2D eigenvalue weighted by atomic mass is 35.5. The molecular formula is C15H17ClN2O2S. The van der Waals surface area contributed by atoms with E-state index in [9.17, 15) is 8.42 Å². The van der Waals surface area contributed by atoms with Crippen molar-refractivity contribution in [2.45, 2.75) is 6.04 Å². The average Bonchev–Trinajstić information content (AvgIpc) is 2.47. The lowest BCUT2D eigenvalue weighted by atomic mass is 10.00. The van der Waals surface area contributed by atoms with Gasteiger partial charge >= 0.3 is 0 Å². The Morgan fingerprint density at radius 1 is 0.952 bits per heavy atom. The first-order valence-electron chi connectivity index (χ1n) is 6.40. The summed E-state index contributed by atoms with van der Waals surface area (Å²) in [5.41, 5.74) is 1.70. The molecular weight excluding hydrogens is 308 g/mol. The van der Waals surface area contributed by atoms with Gasteiger partial charge in [-0.1, -0.05) is 54.1 Å². The van der Waals surface area contributed by atoms with Gasteiger partial charge in [0.25, 0.3) is 10.2 Å². The summed E-state index contributed by atoms with van der Waals surface area (Å²) in [6.07, 6.45) is 0. The summed E-state index contributed by atoms with van der Waals surface area (Å²) in [7, 11) is -0.569. The Morgan fingerprint density at radius 3 is 2.00 bits per heavy atom. The lowest BCUT2D eigenvalue weighted by Gasteiger charge is -2.22. The second-order valence-corrected chi connectivity index (χ2v) is 7.15. The second kappa shape index (κ2) is 6.58. The summed E-state index contributed by atoms with van der Waals surface area (Å²) in [4.78, 5) is 0. The predicted molar refractivity (Wildman–Crippen MR) is 85.5 cm³/mol. The number of rotatable bonds is 5. The van der Waals surface area contributed by atoms with Gasteiger partial charge in [0.05, 0.1) is 6.04 Å². The normalized spacial score (nSPS) is 13.3. The van der Waals surface area contributed by atoms with E-state index in [0.29, 0.717) is 5.02 Å². The van der Waals surface area contributed by atoms with Crippen LogP contribution in [0.5, 0.6) is 0 Å². The van der Waals surface area contributed by atoms with Crippen LogP contribution in [0.1, 0.15) is 17.2 Å². The molecule has 0 aromatic heterocycles. The summed E-state index contributed by atoms with van der Waals surface area (Å²) in [5, 5.41) is 0.612. The smallest absolute Gasteiger partial charge is 0.195 e. The number of benzene rings is 2. The molecule has 21 heavy (non-hydrogen) atoms. The molecule has 6 heteroatoms. The molecule has 0 amide bonds. The molecule has 2 aromatic carbocycles. The minimum atomic E-state index is -3.55. The van der Waals surface area contributed by atoms with E-state index >= 15 is 0 Å². The number of nitrogens with zero attached hydrogens (tertiary/aromatic N) is 1. The highest BCUT2D eigenvalue weighted by molar-refractivity contribution is 7.87. The molecule has 0 unspecified atom stereocenters. The molecule has 0 saturated carbocycles. The van der Waals surface area contributed by atoms with Crippen molar-refractivity contribution in [2.75, 3.05) is 14.1 Å². The highest BCUT2D eigenvalue weighted by Gasteiger charge is 2.22. The standard InChI is InChI=1S/C15H17ClN2O2S/c1-18(2)21(19,20)17-15(12-6-4-3-5-7-12)13-8-10-14(16)11-9-13/h3-11,15,17H,1-2H3/t15-/m0/s1. The Hall–Kier alpha value is -1.40. The average molecular weight is 325 g/mol. The van der Waals surface area contributed by atoms with Crippen LogP contribution >= 0.6 is 11.6 Å². The fourth-order valence-electron chi connectivity index (χ4n) is 1.88. The van der Waals surface area contributed by atoms with E-state index in [-0.39, 0.29) is 0 Å². The third-order valence-electron chi connectivity index (χ3n) is 3.08. The maximum atomic E-state index is 12.1. The van der Waals surface area contributed by atoms with Gasteiger partial charge in [0.1, 0.15) is 0 Å². The molecule has 0 saturated heterocycles. The van der Waals surface area contributed by atoms with Gasteiger partial charge in [-0.25, -0.2) is 0 Å². The van der Waals surface area contributed by atoms with Crippen LogP contribution < -0.4 is 4.72 Å². The van der Waals surface area contributed by atoms with Crippen LogP contribution in [0.4, 0.5) is 0 Å². The van der Waals surface area contributed by atoms with Gasteiger partial charge in [0.2, 0.25) is 0 Å². The lowest BCUT2D eigenvalue weighted by Crippen LogP contribution is -2.38. The number of halogens is 1. The number of hydrogen-bond acceptors (Lipinski definition) is 2. The maximum Gasteiger partial charge on any atom is 0.279 e. The van der Waals surface area contributed by atoms with Crippen molar-refractivity contribution in [3.05, 3.63) is 70.7 Å². The quantitative estimate of drug-likeness (QED) is 0.919. The molecule has 1 atom stereocenters. The zero-order valence-corrected chi connectivity index (χ0v) is 13.4. The van der Waals surface area contributed by atoms with E-state index < -0.39 is 16.3 Å². The van der Waals surface area contributed by atoms with Crippen LogP contribution in [0.3, 0.4) is 0 Å². The van der Waals surface area contributed by atoms with Crippen LogP contribution in [-0.2, 0) is 10.2 Å². The van der Waals surface area contributed by atoms with Gasteiger partial charge in [-0.2, -0.15) is 17.4 Å². The summed E-state index contributed by atoms with van der Waals surface area (Å²) < 4.78 is 28.1. The molecule has 0 aliphatic rings. The fraction of sp³-hybridized carbons (Fsp3) is 0.200. The Balaban J connectivity index is 2.43. The Kier molecular flexibility index (Phi) is 5.00. The van der Waals surface area contributed by atoms with Gasteiger partial charge in [0, 0.05) is 19.1 Å². The molecule has 4 nitrogen and oxygen atoms in total. The van der Waals surface area contributed by atoms with Gasteiger partial charge in [-0.05, 0) is 23.3 Å². The van der Waals surface area contributed by atoms with Gasteiger partial charge in [-0.15, -0.1) is 0 Å². The Morgan fingerprint density at radius 2 is 1.48 bits per heavy atom. The first-order valence-corrected chi connectivity index (χ1v) is 8.22. The summed E-state index contributed by atoms with van der Waals surface area (Å²) in [6, 6.07) is 16.1. The van der Waals surface area contributed by atoms with Crippen molar-refractivity contribution in [3.63, 3.8) is 0 Å². The maximum absolute atomic E-state index is 12.1. The molecule has 0 heterocycles. The Labute approximate surface area is 130 Å². The minimum absolute atomic E-state index is 0.462. The zero-order valence-electron chi connectivity index (χ0n) is 11.8. The van der Waals surface area contributed by atoms with E-state index in [2.05, 4.69) is 4.72 Å². The third-order valence-corrected chi connectivity index (χ3v) is 4.83. The third kappa shape index (κ3) is 4.04. The predicted octanol–water partition coefficient (Wildman–Crippen LogP) is 2.83. The molecule has 0 aliphatic heterocycles. The SMILES string of the molecule is CN(C)S(=O)(=O)N[C@@H](c1ccccc1)c1ccc(Cl)cc1. The van der Waals surface area contributed by atoms with E-state index in [4.69, 9.17) is 11.6 Å². The number of hydrogen-bond donors (Lipinski definition) is 1. The summed E-state index contributed by atoms with van der Waals surface area (Å²) >= 11 is 5.90. The molecule has 0 radical (unpaired) electrons. The van der Waals surface area contributed by atoms with Crippen LogP contribution in [0.15, 0.2) is 54.6 Å². The molecule has 0 aliphatic carbocycles. The summed E-state index contributed by atoms with van der Waals surface area (Å²) in [6.45, 7) is 0. The largest absolute Gasteiger partial charge is 0.279 e. The molecule has 2 aromatic rings. The topological polar surface area (TPSA) is 49.4 Å². The lowest BCUT2D eigenvalue weighted by molar-refractivity contribution is 0.498. The van der Waals surface area contributed by atoms with Crippen molar-refractivity contribution in [1.29, 1.82) is 0 Å². The van der Waals surface area contributed by atoms with Crippen LogP contribution in [0.25, 0.3) is 0 Å². The van der Waals surface area contributed by atoms with Crippen molar-refractivity contribution in [3.8, 4) is 0 Å². The molecule has 0 spiro atoms. The van der Waals surface area contributed by atoms with Crippen LogP contribution in [0.2, 0.25) is 5.02 Å². The molecule has 112 valence electrons. The molecule has 0 fully saturated rings. The first kappa shape index (κ1) is 16.0. The first-order chi connectivity index (χ1) is 9.90. The zero-order chi connectivity index (χ0) is 15.5. The monoisotopic (exact) mass is 324 g/mol. The molecule has 1 N–H and O–H groups in total. The van der Waals surface area contributed by atoms with Gasteiger partial charge in [-0.3, -0.25) is 0 Å². The van der Waals surface area contributed by atoms with E-state index in [1.807, 2.05) is 42.5 Å². The van der Waals surface area contributed by atoms with Crippen molar-refractivity contribution < 1.29 is 8.42 Å². The van der Waals surface area contributed by atoms with E-state index in [1.54, 1.807) is 12.1 Å². The second-order valence-electron chi connectivity index (χ2n) is 4.80. The van der Waals surface area contributed by atoms with Crippen molar-refractivity contribution >= 4 is 21.8 Å². The van der Waals surface area contributed by atoms with Gasteiger partial charge < -0.3 is 0 Å². The Bertz CT molecular complexity index is 685. The molecule has 2 rings (SSSR count). The summed E-state index contributed by atoms with van der Waals surface area (Å²) in [5.74, 6) is 0. The van der Waals surface area contributed by atoms with Gasteiger partial charge in [0.15, 0.2) is 0 Å². The number of nitrogens with one attached hydrogen (secondary N) is 1. The van der Waals surface area contributed by atoms with Crippen LogP contribution in [0, 0.1) is 0 Å².